The zero-order valence-electron chi connectivity index (χ0n) is 13.4. The van der Waals surface area contributed by atoms with Gasteiger partial charge in [0.05, 0.1) is 0 Å². The van der Waals surface area contributed by atoms with Gasteiger partial charge in [0.2, 0.25) is 0 Å². The third-order valence-corrected chi connectivity index (χ3v) is 3.35. The van der Waals surface area contributed by atoms with Gasteiger partial charge < -0.3 is 0 Å². The molecule has 0 N–H and O–H groups in total. The van der Waals surface area contributed by atoms with Crippen LogP contribution in [0.3, 0.4) is 0 Å². The maximum absolute atomic E-state index is 2.23. The molecule has 0 aromatic rings. The lowest BCUT2D eigenvalue weighted by Crippen LogP contribution is -1.82. The lowest BCUT2D eigenvalue weighted by atomic mass is 10.2. The monoisotopic (exact) mass is 288 g/mol. The minimum atomic E-state index is 0.691. The Labute approximate surface area is 124 Å². The van der Waals surface area contributed by atoms with Crippen molar-refractivity contribution in [3.05, 3.63) is 23.0 Å². The SMILES string of the molecule is CC(C)/C=C\SC(C)C.CC(C)/C=C\SC(C)C. The van der Waals surface area contributed by atoms with Crippen LogP contribution in [0.15, 0.2) is 23.0 Å². The van der Waals surface area contributed by atoms with Crippen LogP contribution in [0.1, 0.15) is 55.4 Å². The molecule has 0 unspecified atom stereocenters. The van der Waals surface area contributed by atoms with Gasteiger partial charge in [0, 0.05) is 10.5 Å². The first-order valence-electron chi connectivity index (χ1n) is 6.89. The Balaban J connectivity index is 0. The van der Waals surface area contributed by atoms with Crippen molar-refractivity contribution in [3.63, 3.8) is 0 Å². The van der Waals surface area contributed by atoms with Crippen molar-refractivity contribution in [2.75, 3.05) is 0 Å². The maximum atomic E-state index is 2.23. The molecule has 0 atom stereocenters. The normalized spacial score (nSPS) is 12.2. The van der Waals surface area contributed by atoms with E-state index in [0.29, 0.717) is 11.8 Å². The Hall–Kier alpha value is 0.180. The van der Waals surface area contributed by atoms with Gasteiger partial charge in [-0.1, -0.05) is 67.5 Å². The number of rotatable bonds is 6. The molecule has 2 heteroatoms. The van der Waals surface area contributed by atoms with E-state index in [1.54, 1.807) is 0 Å². The Bertz CT molecular complexity index is 189. The molecule has 0 aliphatic carbocycles. The predicted octanol–water partition coefficient (Wildman–Crippen LogP) is 6.60. The molecular formula is C16H32S2. The molecule has 108 valence electrons. The zero-order chi connectivity index (χ0) is 14.6. The minimum absolute atomic E-state index is 0.691. The van der Waals surface area contributed by atoms with Gasteiger partial charge in [0.1, 0.15) is 0 Å². The van der Waals surface area contributed by atoms with Gasteiger partial charge in [0.15, 0.2) is 0 Å². The van der Waals surface area contributed by atoms with Crippen LogP contribution in [0.4, 0.5) is 0 Å². The van der Waals surface area contributed by atoms with Crippen molar-refractivity contribution < 1.29 is 0 Å². The summed E-state index contributed by atoms with van der Waals surface area (Å²) < 4.78 is 0. The predicted molar refractivity (Wildman–Crippen MR) is 93.4 cm³/mol. The largest absolute Gasteiger partial charge is 0.132 e. The first kappa shape index (κ1) is 20.5. The molecular weight excluding hydrogens is 256 g/mol. The lowest BCUT2D eigenvalue weighted by molar-refractivity contribution is 0.833. The van der Waals surface area contributed by atoms with Crippen LogP contribution in [0, 0.1) is 11.8 Å². The highest BCUT2D eigenvalue weighted by Crippen LogP contribution is 2.12. The van der Waals surface area contributed by atoms with Gasteiger partial charge >= 0.3 is 0 Å². The van der Waals surface area contributed by atoms with Crippen LogP contribution in [0.25, 0.3) is 0 Å². The first-order valence-corrected chi connectivity index (χ1v) is 8.78. The average Bonchev–Trinajstić information content (AvgIpc) is 2.15. The number of thioether (sulfide) groups is 2. The van der Waals surface area contributed by atoms with Gasteiger partial charge in [-0.15, -0.1) is 23.5 Å². The third kappa shape index (κ3) is 25.1. The topological polar surface area (TPSA) is 0 Å². The molecule has 18 heavy (non-hydrogen) atoms. The van der Waals surface area contributed by atoms with E-state index in [9.17, 15) is 0 Å². The number of hydrogen-bond acceptors (Lipinski definition) is 2. The molecule has 0 saturated heterocycles. The van der Waals surface area contributed by atoms with Crippen molar-refractivity contribution in [1.29, 1.82) is 0 Å². The van der Waals surface area contributed by atoms with E-state index in [4.69, 9.17) is 0 Å². The van der Waals surface area contributed by atoms with E-state index in [-0.39, 0.29) is 0 Å². The molecule has 0 amide bonds. The molecule has 0 radical (unpaired) electrons. The van der Waals surface area contributed by atoms with E-state index >= 15 is 0 Å². The summed E-state index contributed by atoms with van der Waals surface area (Å²) in [5.74, 6) is 1.38. The second kappa shape index (κ2) is 13.6. The van der Waals surface area contributed by atoms with Gasteiger partial charge in [-0.25, -0.2) is 0 Å². The second-order valence-electron chi connectivity index (χ2n) is 5.51. The van der Waals surface area contributed by atoms with Gasteiger partial charge in [-0.05, 0) is 22.7 Å². The standard InChI is InChI=1S/2C8H16S/c2*1-7(2)5-6-9-8(3)4/h2*5-8H,1-4H3/b2*6-5-. The van der Waals surface area contributed by atoms with Crippen molar-refractivity contribution in [2.45, 2.75) is 65.9 Å². The molecule has 0 aliphatic rings. The fraction of sp³-hybridized carbons (Fsp3) is 0.750. The summed E-state index contributed by atoms with van der Waals surface area (Å²) >= 11 is 3.76. The lowest BCUT2D eigenvalue weighted by Gasteiger charge is -1.97. The Kier molecular flexibility index (Phi) is 15.5. The minimum Gasteiger partial charge on any atom is -0.132 e. The molecule has 0 bridgehead atoms. The summed E-state index contributed by atoms with van der Waals surface area (Å²) in [5.41, 5.74) is 0. The molecule has 0 heterocycles. The molecule has 0 saturated carbocycles. The average molecular weight is 289 g/mol. The third-order valence-electron chi connectivity index (χ3n) is 1.63. The molecule has 0 rings (SSSR count). The van der Waals surface area contributed by atoms with Crippen molar-refractivity contribution in [2.24, 2.45) is 11.8 Å². The summed E-state index contributed by atoms with van der Waals surface area (Å²) in [7, 11) is 0. The molecule has 0 aliphatic heterocycles. The first-order chi connectivity index (χ1) is 8.25. The summed E-state index contributed by atoms with van der Waals surface area (Å²) in [6.07, 6.45) is 4.45. The van der Waals surface area contributed by atoms with Crippen LogP contribution < -0.4 is 0 Å². The van der Waals surface area contributed by atoms with Crippen LogP contribution in [0.5, 0.6) is 0 Å². The Morgan fingerprint density at radius 3 is 1.00 bits per heavy atom. The van der Waals surface area contributed by atoms with Crippen molar-refractivity contribution in [3.8, 4) is 0 Å². The van der Waals surface area contributed by atoms with E-state index in [2.05, 4.69) is 78.4 Å². The van der Waals surface area contributed by atoms with Gasteiger partial charge in [0.25, 0.3) is 0 Å². The van der Waals surface area contributed by atoms with Crippen LogP contribution in [0.2, 0.25) is 0 Å². The summed E-state index contributed by atoms with van der Waals surface area (Å²) in [6, 6.07) is 0. The van der Waals surface area contributed by atoms with Crippen molar-refractivity contribution in [1.82, 2.24) is 0 Å². The number of allylic oxidation sites excluding steroid dienone is 2. The van der Waals surface area contributed by atoms with Crippen molar-refractivity contribution >= 4 is 23.5 Å². The number of hydrogen-bond donors (Lipinski definition) is 0. The van der Waals surface area contributed by atoms with E-state index < -0.39 is 0 Å². The zero-order valence-corrected chi connectivity index (χ0v) is 15.1. The maximum Gasteiger partial charge on any atom is 0.00316 e. The molecule has 0 aromatic carbocycles. The van der Waals surface area contributed by atoms with Crippen LogP contribution in [-0.4, -0.2) is 10.5 Å². The highest BCUT2D eigenvalue weighted by molar-refractivity contribution is 8.02. The Morgan fingerprint density at radius 2 is 0.833 bits per heavy atom. The highest BCUT2D eigenvalue weighted by Gasteiger charge is 1.88. The molecule has 0 nitrogen and oxygen atoms in total. The van der Waals surface area contributed by atoms with E-state index in [1.807, 2.05) is 23.5 Å². The molecule has 0 aromatic heterocycles. The highest BCUT2D eigenvalue weighted by atomic mass is 32.2. The molecule has 0 fully saturated rings. The quantitative estimate of drug-likeness (QED) is 0.540. The summed E-state index contributed by atoms with van der Waals surface area (Å²) in [5, 5.41) is 5.82. The summed E-state index contributed by atoms with van der Waals surface area (Å²) in [4.78, 5) is 0. The molecule has 0 spiro atoms. The van der Waals surface area contributed by atoms with E-state index in [0.717, 1.165) is 10.5 Å². The Morgan fingerprint density at radius 1 is 0.556 bits per heavy atom. The fourth-order valence-corrected chi connectivity index (χ4v) is 2.16. The fourth-order valence-electron chi connectivity index (χ4n) is 0.719. The summed E-state index contributed by atoms with van der Waals surface area (Å²) in [6.45, 7) is 17.6. The van der Waals surface area contributed by atoms with Crippen LogP contribution >= 0.6 is 23.5 Å². The second-order valence-corrected chi connectivity index (χ2v) is 8.49. The van der Waals surface area contributed by atoms with E-state index in [1.165, 1.54) is 0 Å². The van der Waals surface area contributed by atoms with Gasteiger partial charge in [-0.2, -0.15) is 0 Å². The van der Waals surface area contributed by atoms with Crippen LogP contribution in [-0.2, 0) is 0 Å². The van der Waals surface area contributed by atoms with Gasteiger partial charge in [-0.3, -0.25) is 0 Å². The smallest absolute Gasteiger partial charge is 0.00316 e.